The number of aryl methyl sites for hydroxylation is 1. The summed E-state index contributed by atoms with van der Waals surface area (Å²) in [5.74, 6) is -1.82. The van der Waals surface area contributed by atoms with E-state index >= 15 is 0 Å². The molecule has 0 radical (unpaired) electrons. The minimum Gasteiger partial charge on any atom is -0.462 e. The van der Waals surface area contributed by atoms with E-state index in [1.54, 1.807) is 18.2 Å². The number of carbonyl (C=O) groups excluding carboxylic acids is 3. The lowest BCUT2D eigenvalue weighted by Gasteiger charge is -2.22. The van der Waals surface area contributed by atoms with Crippen molar-refractivity contribution in [3.63, 3.8) is 0 Å². The van der Waals surface area contributed by atoms with Gasteiger partial charge in [0.1, 0.15) is 6.10 Å². The lowest BCUT2D eigenvalue weighted by atomic mass is 9.80. The number of carbonyl (C=O) groups is 3. The van der Waals surface area contributed by atoms with E-state index in [9.17, 15) is 14.4 Å². The monoisotopic (exact) mass is 363 g/mol. The van der Waals surface area contributed by atoms with E-state index in [0.29, 0.717) is 10.7 Å². The van der Waals surface area contributed by atoms with Crippen LogP contribution in [0.5, 0.6) is 0 Å². The van der Waals surface area contributed by atoms with Gasteiger partial charge in [-0.3, -0.25) is 14.4 Å². The Bertz CT molecular complexity index is 762. The van der Waals surface area contributed by atoms with Crippen LogP contribution < -0.4 is 5.32 Å². The zero-order chi connectivity index (χ0) is 17.7. The number of amides is 1. The normalized spacial score (nSPS) is 31.8. The van der Waals surface area contributed by atoms with Crippen LogP contribution in [-0.2, 0) is 23.9 Å². The van der Waals surface area contributed by atoms with E-state index in [2.05, 4.69) is 5.32 Å². The standard InChI is InChI=1S/C18H18ClNO5/c1-8-2-3-10(19)6-12(8)20-14(21)7-24-17(22)15-9-4-11-13(5-9)25-18(23)16(11)15/h2-3,6,9,11,13,15-16H,4-5,7H2,1H3,(H,20,21)/t9-,11+,13+,15-,16-/m1/s1. The summed E-state index contributed by atoms with van der Waals surface area (Å²) < 4.78 is 10.5. The summed E-state index contributed by atoms with van der Waals surface area (Å²) in [6.07, 6.45) is 1.52. The largest absolute Gasteiger partial charge is 0.462 e. The highest BCUT2D eigenvalue weighted by Gasteiger charge is 2.64. The zero-order valence-electron chi connectivity index (χ0n) is 13.7. The van der Waals surface area contributed by atoms with Gasteiger partial charge in [-0.1, -0.05) is 17.7 Å². The number of fused-ring (bicyclic) bond motifs is 1. The van der Waals surface area contributed by atoms with Crippen LogP contribution in [0.1, 0.15) is 18.4 Å². The van der Waals surface area contributed by atoms with Crippen LogP contribution in [-0.4, -0.2) is 30.6 Å². The predicted molar refractivity (Wildman–Crippen MR) is 88.9 cm³/mol. The third kappa shape index (κ3) is 2.78. The molecule has 1 N–H and O–H groups in total. The smallest absolute Gasteiger partial charge is 0.310 e. The second kappa shape index (κ2) is 6.02. The number of esters is 2. The fourth-order valence-electron chi connectivity index (χ4n) is 4.47. The molecule has 2 saturated carbocycles. The first kappa shape index (κ1) is 16.4. The first-order valence-electron chi connectivity index (χ1n) is 8.37. The first-order valence-corrected chi connectivity index (χ1v) is 8.75. The molecule has 0 aromatic heterocycles. The molecule has 6 nitrogen and oxygen atoms in total. The molecule has 1 aromatic rings. The molecule has 1 aromatic carbocycles. The topological polar surface area (TPSA) is 81.7 Å². The molecule has 5 atom stereocenters. The number of ether oxygens (including phenoxy) is 2. The van der Waals surface area contributed by atoms with E-state index in [1.807, 2.05) is 6.92 Å². The van der Waals surface area contributed by atoms with Crippen LogP contribution in [0.4, 0.5) is 5.69 Å². The minimum atomic E-state index is -0.479. The van der Waals surface area contributed by atoms with Crippen LogP contribution >= 0.6 is 11.6 Å². The quantitative estimate of drug-likeness (QED) is 0.830. The highest BCUT2D eigenvalue weighted by atomic mass is 35.5. The average molecular weight is 364 g/mol. The van der Waals surface area contributed by atoms with Gasteiger partial charge in [-0.2, -0.15) is 0 Å². The summed E-state index contributed by atoms with van der Waals surface area (Å²) in [5.41, 5.74) is 1.44. The molecule has 4 rings (SSSR count). The molecular formula is C18H18ClNO5. The number of halogens is 1. The van der Waals surface area contributed by atoms with Gasteiger partial charge in [-0.15, -0.1) is 0 Å². The number of nitrogens with one attached hydrogen (secondary N) is 1. The van der Waals surface area contributed by atoms with E-state index in [-0.39, 0.29) is 30.5 Å². The van der Waals surface area contributed by atoms with Crippen molar-refractivity contribution in [2.45, 2.75) is 25.9 Å². The second-order valence-corrected chi connectivity index (χ2v) is 7.47. The van der Waals surface area contributed by atoms with Crippen LogP contribution in [0.3, 0.4) is 0 Å². The molecule has 132 valence electrons. The van der Waals surface area contributed by atoms with Gasteiger partial charge in [-0.05, 0) is 43.4 Å². The third-order valence-electron chi connectivity index (χ3n) is 5.57. The van der Waals surface area contributed by atoms with E-state index in [4.69, 9.17) is 21.1 Å². The van der Waals surface area contributed by atoms with Gasteiger partial charge >= 0.3 is 11.9 Å². The Kier molecular flexibility index (Phi) is 3.95. The van der Waals surface area contributed by atoms with Gasteiger partial charge in [-0.25, -0.2) is 0 Å². The third-order valence-corrected chi connectivity index (χ3v) is 5.81. The van der Waals surface area contributed by atoms with Crippen LogP contribution in [0.15, 0.2) is 18.2 Å². The zero-order valence-corrected chi connectivity index (χ0v) is 14.4. The molecular weight excluding hydrogens is 346 g/mol. The van der Waals surface area contributed by atoms with E-state index in [0.717, 1.165) is 18.4 Å². The van der Waals surface area contributed by atoms with Crippen LogP contribution in [0.2, 0.25) is 5.02 Å². The van der Waals surface area contributed by atoms with Crippen LogP contribution in [0, 0.1) is 30.6 Å². The van der Waals surface area contributed by atoms with Crippen LogP contribution in [0.25, 0.3) is 0 Å². The fraction of sp³-hybridized carbons (Fsp3) is 0.500. The summed E-state index contributed by atoms with van der Waals surface area (Å²) in [4.78, 5) is 36.4. The minimum absolute atomic E-state index is 0.0272. The van der Waals surface area contributed by atoms with Crippen molar-refractivity contribution in [3.05, 3.63) is 28.8 Å². The van der Waals surface area contributed by atoms with Crippen molar-refractivity contribution in [1.82, 2.24) is 0 Å². The number of anilines is 1. The van der Waals surface area contributed by atoms with Crippen molar-refractivity contribution >= 4 is 35.1 Å². The van der Waals surface area contributed by atoms with Gasteiger partial charge in [0, 0.05) is 16.6 Å². The van der Waals surface area contributed by atoms with Gasteiger partial charge in [0.25, 0.3) is 5.91 Å². The van der Waals surface area contributed by atoms with Crippen molar-refractivity contribution in [2.24, 2.45) is 23.7 Å². The Balaban J connectivity index is 1.35. The summed E-state index contributed by atoms with van der Waals surface area (Å²) in [7, 11) is 0. The lowest BCUT2D eigenvalue weighted by molar-refractivity contribution is -0.157. The molecule has 25 heavy (non-hydrogen) atoms. The Hall–Kier alpha value is -2.08. The van der Waals surface area contributed by atoms with Crippen molar-refractivity contribution in [1.29, 1.82) is 0 Å². The number of benzene rings is 1. The lowest BCUT2D eigenvalue weighted by Crippen LogP contribution is -2.35. The maximum absolute atomic E-state index is 12.4. The number of hydrogen-bond acceptors (Lipinski definition) is 5. The molecule has 0 spiro atoms. The number of hydrogen-bond donors (Lipinski definition) is 1. The summed E-state index contributed by atoms with van der Waals surface area (Å²) >= 11 is 5.92. The number of rotatable bonds is 4. The molecule has 2 bridgehead atoms. The van der Waals surface area contributed by atoms with Crippen molar-refractivity contribution in [3.8, 4) is 0 Å². The van der Waals surface area contributed by atoms with Gasteiger partial charge in [0.15, 0.2) is 6.61 Å². The second-order valence-electron chi connectivity index (χ2n) is 7.04. The highest BCUT2D eigenvalue weighted by molar-refractivity contribution is 6.31. The Morgan fingerprint density at radius 1 is 1.36 bits per heavy atom. The molecule has 1 amide bonds. The van der Waals surface area contributed by atoms with Gasteiger partial charge in [0.05, 0.1) is 11.8 Å². The fourth-order valence-corrected chi connectivity index (χ4v) is 4.65. The van der Waals surface area contributed by atoms with E-state index in [1.165, 1.54) is 0 Å². The predicted octanol–water partition coefficient (Wildman–Crippen LogP) is 2.33. The Morgan fingerprint density at radius 2 is 2.16 bits per heavy atom. The highest BCUT2D eigenvalue weighted by Crippen LogP contribution is 2.57. The molecule has 1 aliphatic heterocycles. The average Bonchev–Trinajstić information content (AvgIpc) is 3.18. The SMILES string of the molecule is Cc1ccc(Cl)cc1NC(=O)COC(=O)[C@@H]1[C@@H]2C[C@@H]3[C@H]1C(=O)O[C@H]3C2. The Labute approximate surface area is 149 Å². The Morgan fingerprint density at radius 3 is 2.96 bits per heavy atom. The van der Waals surface area contributed by atoms with Crippen molar-refractivity contribution < 1.29 is 23.9 Å². The summed E-state index contributed by atoms with van der Waals surface area (Å²) in [6.45, 7) is 1.46. The van der Waals surface area contributed by atoms with Crippen molar-refractivity contribution in [2.75, 3.05) is 11.9 Å². The molecule has 3 aliphatic rings. The summed E-state index contributed by atoms with van der Waals surface area (Å²) in [5, 5.41) is 3.19. The maximum Gasteiger partial charge on any atom is 0.310 e. The molecule has 3 fully saturated rings. The molecule has 2 aliphatic carbocycles. The molecule has 1 saturated heterocycles. The summed E-state index contributed by atoms with van der Waals surface area (Å²) in [6, 6.07) is 5.16. The van der Waals surface area contributed by atoms with E-state index < -0.39 is 23.7 Å². The van der Waals surface area contributed by atoms with Gasteiger partial charge in [0.2, 0.25) is 0 Å². The molecule has 7 heteroatoms. The first-order chi connectivity index (χ1) is 11.9. The maximum atomic E-state index is 12.4. The van der Waals surface area contributed by atoms with Gasteiger partial charge < -0.3 is 14.8 Å². The molecule has 1 heterocycles. The molecule has 0 unspecified atom stereocenters.